The second-order valence-electron chi connectivity index (χ2n) is 4.02. The standard InChI is InChI=1S/C12H12F3N3O/c13-10-4-8(5-11(14)12(10)15)16-6-9(19)7-18-3-1-2-17-18/h1-5,9,16,19H,6-7H2. The number of benzene rings is 1. The number of rotatable bonds is 5. The normalized spacial score (nSPS) is 12.4. The number of anilines is 1. The summed E-state index contributed by atoms with van der Waals surface area (Å²) in [6.45, 7) is 0.302. The van der Waals surface area contributed by atoms with Gasteiger partial charge in [0.25, 0.3) is 0 Å². The van der Waals surface area contributed by atoms with E-state index in [2.05, 4.69) is 10.4 Å². The maximum atomic E-state index is 12.9. The average Bonchev–Trinajstić information content (AvgIpc) is 2.86. The third-order valence-electron chi connectivity index (χ3n) is 2.48. The molecule has 1 aromatic heterocycles. The van der Waals surface area contributed by atoms with Crippen molar-refractivity contribution in [2.45, 2.75) is 12.6 Å². The lowest BCUT2D eigenvalue weighted by Gasteiger charge is -2.13. The zero-order valence-corrected chi connectivity index (χ0v) is 9.85. The maximum absolute atomic E-state index is 12.9. The van der Waals surface area contributed by atoms with Crippen molar-refractivity contribution in [3.05, 3.63) is 48.0 Å². The van der Waals surface area contributed by atoms with E-state index in [4.69, 9.17) is 0 Å². The largest absolute Gasteiger partial charge is 0.389 e. The highest BCUT2D eigenvalue weighted by Gasteiger charge is 2.11. The Labute approximate surface area is 107 Å². The Morgan fingerprint density at radius 1 is 1.26 bits per heavy atom. The van der Waals surface area contributed by atoms with Crippen LogP contribution in [0, 0.1) is 17.5 Å². The summed E-state index contributed by atoms with van der Waals surface area (Å²) < 4.78 is 40.1. The van der Waals surface area contributed by atoms with Gasteiger partial charge in [-0.3, -0.25) is 4.68 Å². The number of hydrogen-bond donors (Lipinski definition) is 2. The number of nitrogens with one attached hydrogen (secondary N) is 1. The van der Waals surface area contributed by atoms with Gasteiger partial charge in [-0.05, 0) is 6.07 Å². The fraction of sp³-hybridized carbons (Fsp3) is 0.250. The van der Waals surface area contributed by atoms with Crippen LogP contribution in [0.1, 0.15) is 0 Å². The molecule has 0 bridgehead atoms. The quantitative estimate of drug-likeness (QED) is 0.815. The second kappa shape index (κ2) is 5.75. The van der Waals surface area contributed by atoms with Crippen molar-refractivity contribution in [2.24, 2.45) is 0 Å². The molecule has 0 aliphatic rings. The van der Waals surface area contributed by atoms with E-state index in [1.807, 2.05) is 0 Å². The van der Waals surface area contributed by atoms with E-state index in [0.717, 1.165) is 12.1 Å². The molecule has 0 saturated carbocycles. The Kier molecular flexibility index (Phi) is 4.06. The molecule has 2 rings (SSSR count). The highest BCUT2D eigenvalue weighted by Crippen LogP contribution is 2.17. The van der Waals surface area contributed by atoms with Gasteiger partial charge in [0.2, 0.25) is 0 Å². The second-order valence-corrected chi connectivity index (χ2v) is 4.02. The van der Waals surface area contributed by atoms with Crippen LogP contribution in [-0.4, -0.2) is 27.5 Å². The zero-order valence-electron chi connectivity index (χ0n) is 9.85. The van der Waals surface area contributed by atoms with Gasteiger partial charge in [-0.25, -0.2) is 13.2 Å². The molecule has 0 radical (unpaired) electrons. The van der Waals surface area contributed by atoms with Gasteiger partial charge in [-0.2, -0.15) is 5.10 Å². The van der Waals surface area contributed by atoms with Crippen molar-refractivity contribution in [3.63, 3.8) is 0 Å². The predicted octanol–water partition coefficient (Wildman–Crippen LogP) is 1.77. The van der Waals surface area contributed by atoms with Crippen molar-refractivity contribution < 1.29 is 18.3 Å². The first-order valence-electron chi connectivity index (χ1n) is 5.60. The van der Waals surface area contributed by atoms with Crippen molar-refractivity contribution in [3.8, 4) is 0 Å². The van der Waals surface area contributed by atoms with Gasteiger partial charge in [-0.15, -0.1) is 0 Å². The number of hydrogen-bond acceptors (Lipinski definition) is 3. The molecule has 0 saturated heterocycles. The first kappa shape index (κ1) is 13.4. The van der Waals surface area contributed by atoms with E-state index in [0.29, 0.717) is 0 Å². The van der Waals surface area contributed by atoms with Crippen LogP contribution in [0.15, 0.2) is 30.6 Å². The fourth-order valence-corrected chi connectivity index (χ4v) is 1.58. The van der Waals surface area contributed by atoms with Gasteiger partial charge < -0.3 is 10.4 Å². The van der Waals surface area contributed by atoms with Crippen molar-refractivity contribution in [1.82, 2.24) is 9.78 Å². The molecular formula is C12H12F3N3O. The van der Waals surface area contributed by atoms with E-state index in [9.17, 15) is 18.3 Å². The van der Waals surface area contributed by atoms with E-state index < -0.39 is 23.6 Å². The first-order valence-corrected chi connectivity index (χ1v) is 5.60. The van der Waals surface area contributed by atoms with E-state index >= 15 is 0 Å². The van der Waals surface area contributed by atoms with E-state index in [-0.39, 0.29) is 18.8 Å². The summed E-state index contributed by atoms with van der Waals surface area (Å²) in [5.41, 5.74) is 0.0657. The molecule has 0 amide bonds. The topological polar surface area (TPSA) is 50.1 Å². The van der Waals surface area contributed by atoms with Crippen LogP contribution in [0.4, 0.5) is 18.9 Å². The van der Waals surface area contributed by atoms with Crippen molar-refractivity contribution in [1.29, 1.82) is 0 Å². The Balaban J connectivity index is 1.91. The van der Waals surface area contributed by atoms with Gasteiger partial charge >= 0.3 is 0 Å². The molecular weight excluding hydrogens is 259 g/mol. The molecule has 1 aromatic carbocycles. The molecule has 7 heteroatoms. The Hall–Kier alpha value is -2.02. The molecule has 1 heterocycles. The number of aliphatic hydroxyl groups is 1. The summed E-state index contributed by atoms with van der Waals surface area (Å²) in [6, 6.07) is 3.38. The number of aliphatic hydroxyl groups excluding tert-OH is 1. The van der Waals surface area contributed by atoms with E-state index in [1.165, 1.54) is 4.68 Å². The molecule has 1 unspecified atom stereocenters. The summed E-state index contributed by atoms with van der Waals surface area (Å²) >= 11 is 0. The van der Waals surface area contributed by atoms with Gasteiger partial charge in [0.1, 0.15) is 0 Å². The average molecular weight is 271 g/mol. The smallest absolute Gasteiger partial charge is 0.194 e. The van der Waals surface area contributed by atoms with Crippen LogP contribution in [0.5, 0.6) is 0 Å². The van der Waals surface area contributed by atoms with Crippen LogP contribution in [0.25, 0.3) is 0 Å². The minimum atomic E-state index is -1.51. The fourth-order valence-electron chi connectivity index (χ4n) is 1.58. The van der Waals surface area contributed by atoms with Gasteiger partial charge in [0, 0.05) is 36.8 Å². The Bertz CT molecular complexity index is 522. The summed E-state index contributed by atoms with van der Waals surface area (Å²) in [4.78, 5) is 0. The molecule has 0 spiro atoms. The highest BCUT2D eigenvalue weighted by molar-refractivity contribution is 5.44. The Morgan fingerprint density at radius 2 is 1.95 bits per heavy atom. The van der Waals surface area contributed by atoms with Gasteiger partial charge in [0.05, 0.1) is 12.6 Å². The zero-order chi connectivity index (χ0) is 13.8. The van der Waals surface area contributed by atoms with Crippen LogP contribution in [-0.2, 0) is 6.54 Å². The van der Waals surface area contributed by atoms with Crippen molar-refractivity contribution >= 4 is 5.69 Å². The molecule has 0 aliphatic heterocycles. The lowest BCUT2D eigenvalue weighted by Crippen LogP contribution is -2.25. The molecule has 2 N–H and O–H groups in total. The summed E-state index contributed by atoms with van der Waals surface area (Å²) in [6.07, 6.45) is 2.46. The number of halogens is 3. The number of aromatic nitrogens is 2. The third kappa shape index (κ3) is 3.47. The van der Waals surface area contributed by atoms with Crippen LogP contribution >= 0.6 is 0 Å². The van der Waals surface area contributed by atoms with Crippen LogP contribution in [0.2, 0.25) is 0 Å². The SMILES string of the molecule is OC(CNc1cc(F)c(F)c(F)c1)Cn1cccn1. The van der Waals surface area contributed by atoms with Gasteiger partial charge in [0.15, 0.2) is 17.5 Å². The molecule has 4 nitrogen and oxygen atoms in total. The highest BCUT2D eigenvalue weighted by atomic mass is 19.2. The third-order valence-corrected chi connectivity index (χ3v) is 2.48. The van der Waals surface area contributed by atoms with Gasteiger partial charge in [-0.1, -0.05) is 0 Å². The minimum absolute atomic E-state index is 0.0599. The minimum Gasteiger partial charge on any atom is -0.389 e. The Morgan fingerprint density at radius 3 is 2.53 bits per heavy atom. The summed E-state index contributed by atoms with van der Waals surface area (Å²) in [5.74, 6) is -4.06. The first-order chi connectivity index (χ1) is 9.06. The van der Waals surface area contributed by atoms with E-state index in [1.54, 1.807) is 18.5 Å². The molecule has 1 atom stereocenters. The number of nitrogens with zero attached hydrogens (tertiary/aromatic N) is 2. The molecule has 0 fully saturated rings. The predicted molar refractivity (Wildman–Crippen MR) is 63.0 cm³/mol. The van der Waals surface area contributed by atoms with Crippen LogP contribution in [0.3, 0.4) is 0 Å². The monoisotopic (exact) mass is 271 g/mol. The maximum Gasteiger partial charge on any atom is 0.194 e. The molecule has 0 aliphatic carbocycles. The molecule has 2 aromatic rings. The molecule has 19 heavy (non-hydrogen) atoms. The molecule has 102 valence electrons. The lowest BCUT2D eigenvalue weighted by atomic mass is 10.2. The van der Waals surface area contributed by atoms with Crippen molar-refractivity contribution in [2.75, 3.05) is 11.9 Å². The summed E-state index contributed by atoms with van der Waals surface area (Å²) in [7, 11) is 0. The van der Waals surface area contributed by atoms with Crippen LogP contribution < -0.4 is 5.32 Å². The lowest BCUT2D eigenvalue weighted by molar-refractivity contribution is 0.161. The summed E-state index contributed by atoms with van der Waals surface area (Å²) in [5, 5.41) is 16.2.